The van der Waals surface area contributed by atoms with Gasteiger partial charge in [0.2, 0.25) is 11.0 Å². The summed E-state index contributed by atoms with van der Waals surface area (Å²) < 4.78 is 14.3. The first-order chi connectivity index (χ1) is 16.1. The van der Waals surface area contributed by atoms with Crippen LogP contribution >= 0.6 is 11.3 Å². The molecule has 1 atom stereocenters. The highest BCUT2D eigenvalue weighted by atomic mass is 32.1. The summed E-state index contributed by atoms with van der Waals surface area (Å²) in [4.78, 5) is 17.5. The number of benzene rings is 2. The Morgan fingerprint density at radius 3 is 2.94 bits per heavy atom. The Balaban J connectivity index is 1.60. The number of rotatable bonds is 7. The Kier molecular flexibility index (Phi) is 5.60. The van der Waals surface area contributed by atoms with Crippen LogP contribution < -0.4 is 14.8 Å². The molecule has 2 aromatic carbocycles. The second-order valence-electron chi connectivity index (χ2n) is 7.76. The summed E-state index contributed by atoms with van der Waals surface area (Å²) in [7, 11) is 0. The van der Waals surface area contributed by atoms with Gasteiger partial charge in [0, 0.05) is 23.5 Å². The fraction of sp³-hybridized carbons (Fsp3) is 0.240. The SMILES string of the molecule is C=CCOc1ccccc1[C@H]1CC(=O)Nc2c1c(C)nn2-c1nc2ccc(OCC)cc2s1. The van der Waals surface area contributed by atoms with Gasteiger partial charge in [-0.05, 0) is 38.1 Å². The van der Waals surface area contributed by atoms with E-state index in [2.05, 4.69) is 11.9 Å². The van der Waals surface area contributed by atoms with Crippen LogP contribution in [0.25, 0.3) is 15.3 Å². The molecule has 7 nitrogen and oxygen atoms in total. The van der Waals surface area contributed by atoms with Gasteiger partial charge in [-0.1, -0.05) is 42.2 Å². The Hall–Kier alpha value is -3.65. The maximum atomic E-state index is 12.8. The fourth-order valence-corrected chi connectivity index (χ4v) is 5.19. The lowest BCUT2D eigenvalue weighted by molar-refractivity contribution is -0.116. The van der Waals surface area contributed by atoms with Crippen LogP contribution in [0.1, 0.15) is 36.1 Å². The van der Waals surface area contributed by atoms with E-state index >= 15 is 0 Å². The van der Waals surface area contributed by atoms with Gasteiger partial charge in [-0.2, -0.15) is 9.78 Å². The van der Waals surface area contributed by atoms with Crippen molar-refractivity contribution in [3.05, 3.63) is 71.9 Å². The molecular weight excluding hydrogens is 436 g/mol. The van der Waals surface area contributed by atoms with Gasteiger partial charge in [0.25, 0.3) is 0 Å². The molecular formula is C25H24N4O3S. The average Bonchev–Trinajstić information content (AvgIpc) is 3.38. The zero-order valence-electron chi connectivity index (χ0n) is 18.5. The van der Waals surface area contributed by atoms with Gasteiger partial charge in [0.15, 0.2) is 0 Å². The molecule has 0 radical (unpaired) electrons. The largest absolute Gasteiger partial charge is 0.494 e. The second kappa shape index (κ2) is 8.71. The average molecular weight is 461 g/mol. The van der Waals surface area contributed by atoms with Crippen molar-refractivity contribution in [1.82, 2.24) is 14.8 Å². The number of ether oxygens (including phenoxy) is 2. The smallest absolute Gasteiger partial charge is 0.226 e. The lowest BCUT2D eigenvalue weighted by Gasteiger charge is -2.25. The first-order valence-corrected chi connectivity index (χ1v) is 11.7. The lowest BCUT2D eigenvalue weighted by Crippen LogP contribution is -2.25. The number of aromatic nitrogens is 3. The topological polar surface area (TPSA) is 78.3 Å². The summed E-state index contributed by atoms with van der Waals surface area (Å²) in [5.41, 5.74) is 3.66. The van der Waals surface area contributed by atoms with E-state index in [0.717, 1.165) is 38.5 Å². The normalized spacial score (nSPS) is 15.2. The zero-order valence-corrected chi connectivity index (χ0v) is 19.3. The maximum absolute atomic E-state index is 12.8. The second-order valence-corrected chi connectivity index (χ2v) is 8.77. The van der Waals surface area contributed by atoms with Crippen molar-refractivity contribution in [1.29, 1.82) is 0 Å². The van der Waals surface area contributed by atoms with Crippen molar-refractivity contribution in [3.8, 4) is 16.6 Å². The molecule has 5 rings (SSSR count). The molecule has 3 heterocycles. The summed E-state index contributed by atoms with van der Waals surface area (Å²) in [6, 6.07) is 13.7. The fourth-order valence-electron chi connectivity index (χ4n) is 4.24. The number of nitrogens with one attached hydrogen (secondary N) is 1. The van der Waals surface area contributed by atoms with Crippen LogP contribution in [0.15, 0.2) is 55.1 Å². The summed E-state index contributed by atoms with van der Waals surface area (Å²) in [6.45, 7) is 8.66. The van der Waals surface area contributed by atoms with Crippen LogP contribution in [0.5, 0.6) is 11.5 Å². The van der Waals surface area contributed by atoms with E-state index in [1.54, 1.807) is 10.8 Å². The molecule has 0 unspecified atom stereocenters. The number of hydrogen-bond donors (Lipinski definition) is 1. The van der Waals surface area contributed by atoms with E-state index in [9.17, 15) is 4.79 Å². The summed E-state index contributed by atoms with van der Waals surface area (Å²) in [5.74, 6) is 1.99. The summed E-state index contributed by atoms with van der Waals surface area (Å²) >= 11 is 1.51. The molecule has 33 heavy (non-hydrogen) atoms. The first kappa shape index (κ1) is 21.2. The highest BCUT2D eigenvalue weighted by Gasteiger charge is 2.34. The molecule has 0 fully saturated rings. The standard InChI is InChI=1S/C25H24N4O3S/c1-4-12-32-20-9-7-6-8-17(20)18-14-22(30)27-24-23(18)15(3)28-29(24)25-26-19-11-10-16(31-5-2)13-21(19)33-25/h4,6-11,13,18H,1,5,12,14H2,2-3H3,(H,27,30)/t18-/m1/s1. The minimum Gasteiger partial charge on any atom is -0.494 e. The van der Waals surface area contributed by atoms with Crippen LogP contribution in [0.4, 0.5) is 5.82 Å². The van der Waals surface area contributed by atoms with E-state index in [1.807, 2.05) is 56.3 Å². The number of carbonyl (C=O) groups excluding carboxylic acids is 1. The van der Waals surface area contributed by atoms with Gasteiger partial charge in [0.05, 0.1) is 22.5 Å². The third kappa shape index (κ3) is 3.87. The highest BCUT2D eigenvalue weighted by Crippen LogP contribution is 2.43. The molecule has 8 heteroatoms. The van der Waals surface area contributed by atoms with Crippen molar-refractivity contribution < 1.29 is 14.3 Å². The van der Waals surface area contributed by atoms with Crippen LogP contribution in [0, 0.1) is 6.92 Å². The molecule has 0 bridgehead atoms. The minimum absolute atomic E-state index is 0.0630. The van der Waals surface area contributed by atoms with Gasteiger partial charge in [-0.3, -0.25) is 4.79 Å². The lowest BCUT2D eigenvalue weighted by atomic mass is 9.85. The molecule has 4 aromatic rings. The van der Waals surface area contributed by atoms with E-state index in [4.69, 9.17) is 19.6 Å². The van der Waals surface area contributed by atoms with E-state index < -0.39 is 0 Å². The van der Waals surface area contributed by atoms with E-state index in [1.165, 1.54) is 11.3 Å². The molecule has 1 aliphatic heterocycles. The molecule has 0 saturated carbocycles. The molecule has 0 aliphatic carbocycles. The number of hydrogen-bond acceptors (Lipinski definition) is 6. The van der Waals surface area contributed by atoms with Crippen molar-refractivity contribution >= 4 is 33.3 Å². The van der Waals surface area contributed by atoms with E-state index in [-0.39, 0.29) is 11.8 Å². The Labute approximate surface area is 195 Å². The molecule has 168 valence electrons. The molecule has 1 aliphatic rings. The molecule has 2 aromatic heterocycles. The van der Waals surface area contributed by atoms with E-state index in [0.29, 0.717) is 30.6 Å². The first-order valence-electron chi connectivity index (χ1n) is 10.8. The maximum Gasteiger partial charge on any atom is 0.226 e. The number of aryl methyl sites for hydroxylation is 1. The number of amides is 1. The van der Waals surface area contributed by atoms with Crippen LogP contribution in [0.2, 0.25) is 0 Å². The number of nitrogens with zero attached hydrogens (tertiary/aromatic N) is 3. The quantitative estimate of drug-likeness (QED) is 0.382. The number of anilines is 1. The number of fused-ring (bicyclic) bond motifs is 2. The molecule has 1 amide bonds. The van der Waals surface area contributed by atoms with Crippen molar-refractivity contribution in [2.24, 2.45) is 0 Å². The Bertz CT molecular complexity index is 1360. The Morgan fingerprint density at radius 2 is 2.12 bits per heavy atom. The number of thiazole rings is 1. The van der Waals surface area contributed by atoms with Gasteiger partial charge < -0.3 is 14.8 Å². The molecule has 0 saturated heterocycles. The molecule has 1 N–H and O–H groups in total. The highest BCUT2D eigenvalue weighted by molar-refractivity contribution is 7.20. The van der Waals surface area contributed by atoms with Crippen LogP contribution in [-0.2, 0) is 4.79 Å². The van der Waals surface area contributed by atoms with Crippen molar-refractivity contribution in [2.45, 2.75) is 26.2 Å². The molecule has 0 spiro atoms. The van der Waals surface area contributed by atoms with Gasteiger partial charge in [-0.15, -0.1) is 0 Å². The zero-order chi connectivity index (χ0) is 22.9. The third-order valence-electron chi connectivity index (χ3n) is 5.59. The van der Waals surface area contributed by atoms with Gasteiger partial charge >= 0.3 is 0 Å². The number of carbonyl (C=O) groups is 1. The van der Waals surface area contributed by atoms with Crippen molar-refractivity contribution in [2.75, 3.05) is 18.5 Å². The third-order valence-corrected chi connectivity index (χ3v) is 6.59. The minimum atomic E-state index is -0.164. The predicted octanol–water partition coefficient (Wildman–Crippen LogP) is 5.23. The van der Waals surface area contributed by atoms with Gasteiger partial charge in [-0.25, -0.2) is 4.98 Å². The summed E-state index contributed by atoms with van der Waals surface area (Å²) in [6.07, 6.45) is 2.04. The van der Waals surface area contributed by atoms with Crippen LogP contribution in [-0.4, -0.2) is 33.9 Å². The number of para-hydroxylation sites is 1. The van der Waals surface area contributed by atoms with Gasteiger partial charge in [0.1, 0.15) is 23.9 Å². The monoisotopic (exact) mass is 460 g/mol. The summed E-state index contributed by atoms with van der Waals surface area (Å²) in [5, 5.41) is 8.51. The van der Waals surface area contributed by atoms with Crippen LogP contribution in [0.3, 0.4) is 0 Å². The predicted molar refractivity (Wildman–Crippen MR) is 130 cm³/mol. The Morgan fingerprint density at radius 1 is 1.27 bits per heavy atom. The van der Waals surface area contributed by atoms with Crippen molar-refractivity contribution in [3.63, 3.8) is 0 Å².